The molecule has 5 heteroatoms. The molecular formula is C14H19N3OS. The SMILES string of the molecule is CCOc1ccc(C(NN)c2sc(C)nc2C)cc1. The van der Waals surface area contributed by atoms with Crippen molar-refractivity contribution in [2.75, 3.05) is 6.61 Å². The zero-order valence-corrected chi connectivity index (χ0v) is 12.3. The second kappa shape index (κ2) is 6.14. The number of hydrogen-bond donors (Lipinski definition) is 2. The molecule has 1 aromatic carbocycles. The van der Waals surface area contributed by atoms with Gasteiger partial charge in [0.2, 0.25) is 0 Å². The van der Waals surface area contributed by atoms with E-state index >= 15 is 0 Å². The summed E-state index contributed by atoms with van der Waals surface area (Å²) in [4.78, 5) is 5.61. The second-order valence-corrected chi connectivity index (χ2v) is 5.52. The first kappa shape index (κ1) is 14.0. The van der Waals surface area contributed by atoms with E-state index in [2.05, 4.69) is 10.4 Å². The van der Waals surface area contributed by atoms with E-state index in [0.717, 1.165) is 26.9 Å². The maximum atomic E-state index is 5.71. The molecule has 0 saturated carbocycles. The average molecular weight is 277 g/mol. The van der Waals surface area contributed by atoms with Crippen molar-refractivity contribution in [3.63, 3.8) is 0 Å². The van der Waals surface area contributed by atoms with Crippen LogP contribution in [0.4, 0.5) is 0 Å². The predicted octanol–water partition coefficient (Wildman–Crippen LogP) is 2.71. The fourth-order valence-electron chi connectivity index (χ4n) is 2.06. The largest absolute Gasteiger partial charge is 0.494 e. The molecule has 3 N–H and O–H groups in total. The molecule has 0 spiro atoms. The highest BCUT2D eigenvalue weighted by Gasteiger charge is 2.18. The molecule has 0 radical (unpaired) electrons. The van der Waals surface area contributed by atoms with Crippen LogP contribution >= 0.6 is 11.3 Å². The lowest BCUT2D eigenvalue weighted by Gasteiger charge is -2.16. The Morgan fingerprint density at radius 3 is 2.47 bits per heavy atom. The lowest BCUT2D eigenvalue weighted by atomic mass is 10.0. The molecule has 0 aliphatic carbocycles. The number of thiazole rings is 1. The normalized spacial score (nSPS) is 12.4. The minimum atomic E-state index is -0.0260. The van der Waals surface area contributed by atoms with Gasteiger partial charge >= 0.3 is 0 Å². The molecule has 1 atom stereocenters. The van der Waals surface area contributed by atoms with Crippen molar-refractivity contribution in [1.29, 1.82) is 0 Å². The number of nitrogens with two attached hydrogens (primary N) is 1. The van der Waals surface area contributed by atoms with E-state index in [-0.39, 0.29) is 6.04 Å². The molecule has 0 bridgehead atoms. The van der Waals surface area contributed by atoms with Crippen LogP contribution in [0.15, 0.2) is 24.3 Å². The summed E-state index contributed by atoms with van der Waals surface area (Å²) < 4.78 is 5.45. The molecular weight excluding hydrogens is 258 g/mol. The zero-order valence-electron chi connectivity index (χ0n) is 11.4. The van der Waals surface area contributed by atoms with Gasteiger partial charge < -0.3 is 4.74 Å². The number of hydrogen-bond acceptors (Lipinski definition) is 5. The van der Waals surface area contributed by atoms with Crippen LogP contribution < -0.4 is 16.0 Å². The number of ether oxygens (including phenoxy) is 1. The Labute approximate surface area is 117 Å². The van der Waals surface area contributed by atoms with Crippen LogP contribution in [0.25, 0.3) is 0 Å². The van der Waals surface area contributed by atoms with E-state index in [0.29, 0.717) is 6.61 Å². The van der Waals surface area contributed by atoms with Gasteiger partial charge in [-0.2, -0.15) is 0 Å². The number of aryl methyl sites for hydroxylation is 2. The lowest BCUT2D eigenvalue weighted by Crippen LogP contribution is -2.28. The quantitative estimate of drug-likeness (QED) is 0.651. The van der Waals surface area contributed by atoms with Gasteiger partial charge in [-0.3, -0.25) is 5.84 Å². The minimum absolute atomic E-state index is 0.0260. The van der Waals surface area contributed by atoms with E-state index < -0.39 is 0 Å². The molecule has 0 saturated heterocycles. The van der Waals surface area contributed by atoms with Crippen LogP contribution in [0.1, 0.15) is 34.1 Å². The Kier molecular flexibility index (Phi) is 4.52. The summed E-state index contributed by atoms with van der Waals surface area (Å²) in [6, 6.07) is 7.97. The number of aromatic nitrogens is 1. The van der Waals surface area contributed by atoms with E-state index in [1.54, 1.807) is 11.3 Å². The first-order valence-corrected chi connectivity index (χ1v) is 7.10. The average Bonchev–Trinajstić information content (AvgIpc) is 2.72. The van der Waals surface area contributed by atoms with Gasteiger partial charge in [-0.15, -0.1) is 11.3 Å². The van der Waals surface area contributed by atoms with Crippen molar-refractivity contribution >= 4 is 11.3 Å². The highest BCUT2D eigenvalue weighted by Crippen LogP contribution is 2.30. The smallest absolute Gasteiger partial charge is 0.119 e. The van der Waals surface area contributed by atoms with Gasteiger partial charge in [-0.25, -0.2) is 10.4 Å². The molecule has 4 nitrogen and oxygen atoms in total. The summed E-state index contributed by atoms with van der Waals surface area (Å²) in [6.45, 7) is 6.66. The summed E-state index contributed by atoms with van der Waals surface area (Å²) in [5.41, 5.74) is 5.01. The molecule has 2 aromatic rings. The van der Waals surface area contributed by atoms with Gasteiger partial charge in [0.05, 0.1) is 28.2 Å². The Morgan fingerprint density at radius 2 is 2.00 bits per heavy atom. The van der Waals surface area contributed by atoms with Crippen LogP contribution in [-0.4, -0.2) is 11.6 Å². The first-order chi connectivity index (χ1) is 9.15. The third kappa shape index (κ3) is 3.12. The van der Waals surface area contributed by atoms with Crippen LogP contribution in [0, 0.1) is 13.8 Å². The molecule has 1 unspecified atom stereocenters. The van der Waals surface area contributed by atoms with Crippen molar-refractivity contribution in [2.24, 2.45) is 5.84 Å². The van der Waals surface area contributed by atoms with Crippen LogP contribution in [0.3, 0.4) is 0 Å². The van der Waals surface area contributed by atoms with Gasteiger partial charge in [0.1, 0.15) is 5.75 Å². The summed E-state index contributed by atoms with van der Waals surface area (Å²) in [6.07, 6.45) is 0. The summed E-state index contributed by atoms with van der Waals surface area (Å²) in [5.74, 6) is 6.58. The van der Waals surface area contributed by atoms with Crippen LogP contribution in [0.2, 0.25) is 0 Å². The third-order valence-corrected chi connectivity index (χ3v) is 4.03. The number of benzene rings is 1. The summed E-state index contributed by atoms with van der Waals surface area (Å²) >= 11 is 1.67. The number of nitrogens with one attached hydrogen (secondary N) is 1. The Balaban J connectivity index is 2.29. The van der Waals surface area contributed by atoms with E-state index in [1.807, 2.05) is 45.0 Å². The molecule has 102 valence electrons. The number of rotatable bonds is 5. The molecule has 19 heavy (non-hydrogen) atoms. The van der Waals surface area contributed by atoms with Gasteiger partial charge in [0, 0.05) is 0 Å². The molecule has 2 rings (SSSR count). The van der Waals surface area contributed by atoms with E-state index in [9.17, 15) is 0 Å². The number of nitrogens with zero attached hydrogens (tertiary/aromatic N) is 1. The van der Waals surface area contributed by atoms with E-state index in [1.165, 1.54) is 0 Å². The molecule has 0 aliphatic heterocycles. The molecule has 0 fully saturated rings. The summed E-state index contributed by atoms with van der Waals surface area (Å²) in [7, 11) is 0. The topological polar surface area (TPSA) is 60.2 Å². The van der Waals surface area contributed by atoms with Crippen molar-refractivity contribution in [1.82, 2.24) is 10.4 Å². The van der Waals surface area contributed by atoms with Crippen molar-refractivity contribution in [3.8, 4) is 5.75 Å². The zero-order chi connectivity index (χ0) is 13.8. The third-order valence-electron chi connectivity index (χ3n) is 2.89. The lowest BCUT2D eigenvalue weighted by molar-refractivity contribution is 0.340. The second-order valence-electron chi connectivity index (χ2n) is 4.28. The first-order valence-electron chi connectivity index (χ1n) is 6.28. The molecule has 0 aliphatic rings. The van der Waals surface area contributed by atoms with Crippen molar-refractivity contribution in [2.45, 2.75) is 26.8 Å². The Bertz CT molecular complexity index is 536. The maximum absolute atomic E-state index is 5.71. The van der Waals surface area contributed by atoms with Gasteiger partial charge in [-0.05, 0) is 38.5 Å². The van der Waals surface area contributed by atoms with Crippen molar-refractivity contribution < 1.29 is 4.74 Å². The summed E-state index contributed by atoms with van der Waals surface area (Å²) in [5, 5.41) is 1.05. The predicted molar refractivity (Wildman–Crippen MR) is 78.4 cm³/mol. The number of hydrazine groups is 1. The fourth-order valence-corrected chi connectivity index (χ4v) is 3.08. The minimum Gasteiger partial charge on any atom is -0.494 e. The highest BCUT2D eigenvalue weighted by molar-refractivity contribution is 7.11. The molecule has 1 heterocycles. The van der Waals surface area contributed by atoms with Crippen LogP contribution in [0.5, 0.6) is 5.75 Å². The molecule has 0 amide bonds. The Morgan fingerprint density at radius 1 is 1.32 bits per heavy atom. The van der Waals surface area contributed by atoms with E-state index in [4.69, 9.17) is 10.6 Å². The van der Waals surface area contributed by atoms with Gasteiger partial charge in [-0.1, -0.05) is 12.1 Å². The Hall–Kier alpha value is -1.43. The standard InChI is InChI=1S/C14H19N3OS/c1-4-18-12-7-5-11(6-8-12)13(17-15)14-9(2)16-10(3)19-14/h5-8,13,17H,4,15H2,1-3H3. The fraction of sp³-hybridized carbons (Fsp3) is 0.357. The maximum Gasteiger partial charge on any atom is 0.119 e. The highest BCUT2D eigenvalue weighted by atomic mass is 32.1. The van der Waals surface area contributed by atoms with Gasteiger partial charge in [0.15, 0.2) is 0 Å². The molecule has 1 aromatic heterocycles. The van der Waals surface area contributed by atoms with Crippen molar-refractivity contribution in [3.05, 3.63) is 45.4 Å². The van der Waals surface area contributed by atoms with Crippen LogP contribution in [-0.2, 0) is 0 Å². The monoisotopic (exact) mass is 277 g/mol. The van der Waals surface area contributed by atoms with Gasteiger partial charge in [0.25, 0.3) is 0 Å².